The fourth-order valence-electron chi connectivity index (χ4n) is 0.309. The Kier molecular flexibility index (Phi) is 30.6. The minimum atomic E-state index is 0.444. The zero-order valence-electron chi connectivity index (χ0n) is 9.33. The maximum atomic E-state index is 4.62. The van der Waals surface area contributed by atoms with E-state index in [1.807, 2.05) is 27.7 Å². The third kappa shape index (κ3) is 13.7. The molecule has 1 rings (SSSR count). The molecule has 0 saturated carbocycles. The normalized spacial score (nSPS) is 5.92. The minimum Gasteiger partial charge on any atom is -0.467 e. The summed E-state index contributed by atoms with van der Waals surface area (Å²) < 4.78 is 9.14. The molecule has 0 unspecified atom stereocenters. The van der Waals surface area contributed by atoms with Crippen LogP contribution in [0.3, 0.4) is 0 Å². The summed E-state index contributed by atoms with van der Waals surface area (Å²) in [5, 5.41) is 3.39. The van der Waals surface area contributed by atoms with Crippen molar-refractivity contribution in [3.05, 3.63) is 25.4 Å². The van der Waals surface area contributed by atoms with Crippen LogP contribution < -0.4 is 4.74 Å². The number of rotatable bonds is 1. The van der Waals surface area contributed by atoms with Crippen molar-refractivity contribution in [3.8, 4) is 5.95 Å². The molecule has 13 heavy (non-hydrogen) atoms. The van der Waals surface area contributed by atoms with Gasteiger partial charge in [-0.3, -0.25) is 0 Å². The summed E-state index contributed by atoms with van der Waals surface area (Å²) in [6.45, 7) is 14.0. The van der Waals surface area contributed by atoms with Gasteiger partial charge in [-0.25, -0.2) is 0 Å². The second kappa shape index (κ2) is 22.4. The average molecular weight is 187 g/mol. The van der Waals surface area contributed by atoms with E-state index in [-0.39, 0.29) is 0 Å². The highest BCUT2D eigenvalue weighted by Gasteiger charge is 1.87. The second-order valence-corrected chi connectivity index (χ2v) is 1.04. The van der Waals surface area contributed by atoms with E-state index in [9.17, 15) is 0 Å². The molecule has 0 aromatic carbocycles. The van der Waals surface area contributed by atoms with E-state index in [0.717, 1.165) is 0 Å². The topological polar surface area (TPSA) is 35.3 Å². The molecule has 0 aliphatic rings. The van der Waals surface area contributed by atoms with E-state index in [2.05, 4.69) is 27.6 Å². The Morgan fingerprint density at radius 3 is 1.85 bits per heavy atom. The maximum absolute atomic E-state index is 4.62. The van der Waals surface area contributed by atoms with Crippen molar-refractivity contribution in [1.29, 1.82) is 0 Å². The lowest BCUT2D eigenvalue weighted by Crippen LogP contribution is -1.75. The van der Waals surface area contributed by atoms with Gasteiger partial charge in [-0.05, 0) is 0 Å². The first-order valence-corrected chi connectivity index (χ1v) is 4.38. The van der Waals surface area contributed by atoms with E-state index in [1.165, 1.54) is 13.3 Å². The molecule has 78 valence electrons. The predicted molar refractivity (Wildman–Crippen MR) is 57.0 cm³/mol. The van der Waals surface area contributed by atoms with Gasteiger partial charge >= 0.3 is 5.95 Å². The molecule has 0 aliphatic heterocycles. The number of hydrogen-bond acceptors (Lipinski definition) is 3. The molecule has 0 fully saturated rings. The molecule has 0 N–H and O–H groups in total. The van der Waals surface area contributed by atoms with Gasteiger partial charge in [-0.2, -0.15) is 0 Å². The Morgan fingerprint density at radius 1 is 1.23 bits per heavy atom. The maximum Gasteiger partial charge on any atom is 0.310 e. The molecule has 0 atom stereocenters. The van der Waals surface area contributed by atoms with Crippen LogP contribution in [-0.2, 0) is 0 Å². The molecule has 0 spiro atoms. The Labute approximate surface area is 81.4 Å². The van der Waals surface area contributed by atoms with Crippen molar-refractivity contribution in [2.75, 3.05) is 7.11 Å². The van der Waals surface area contributed by atoms with Crippen molar-refractivity contribution >= 4 is 0 Å². The smallest absolute Gasteiger partial charge is 0.310 e. The molecule has 3 nitrogen and oxygen atoms in total. The van der Waals surface area contributed by atoms with Crippen molar-refractivity contribution < 1.29 is 9.26 Å². The average Bonchev–Trinajstić information content (AvgIpc) is 2.79. The van der Waals surface area contributed by atoms with Gasteiger partial charge in [0.05, 0.1) is 13.3 Å². The summed E-state index contributed by atoms with van der Waals surface area (Å²) in [6.07, 6.45) is 1.53. The van der Waals surface area contributed by atoms with E-state index in [4.69, 9.17) is 0 Å². The summed E-state index contributed by atoms with van der Waals surface area (Å²) in [5.74, 6) is 0.444. The molecule has 3 heteroatoms. The monoisotopic (exact) mass is 187 g/mol. The standard InChI is InChI=1S/C4H5NO2.2C2H6.C2H4/c1-6-4-2-3-5-7-4;3*1-2/h2-3H,1H3;2*1-2H3;1-2H2. The zero-order chi connectivity index (χ0) is 11.1. The number of hydrogen-bond donors (Lipinski definition) is 0. The molecule has 0 amide bonds. The van der Waals surface area contributed by atoms with Gasteiger partial charge in [0.25, 0.3) is 0 Å². The van der Waals surface area contributed by atoms with Gasteiger partial charge < -0.3 is 9.26 Å². The van der Waals surface area contributed by atoms with Crippen LogP contribution in [-0.4, -0.2) is 12.3 Å². The minimum absolute atomic E-state index is 0.444. The molecule has 0 bridgehead atoms. The van der Waals surface area contributed by atoms with E-state index < -0.39 is 0 Å². The highest BCUT2D eigenvalue weighted by atomic mass is 16.6. The molecule has 1 heterocycles. The number of methoxy groups -OCH3 is 1. The van der Waals surface area contributed by atoms with E-state index in [1.54, 1.807) is 6.07 Å². The second-order valence-electron chi connectivity index (χ2n) is 1.04. The van der Waals surface area contributed by atoms with Crippen LogP contribution in [0.4, 0.5) is 0 Å². The predicted octanol–water partition coefficient (Wildman–Crippen LogP) is 3.54. The van der Waals surface area contributed by atoms with Crippen LogP contribution in [0.25, 0.3) is 0 Å². The number of aromatic nitrogens is 1. The molecule has 0 radical (unpaired) electrons. The van der Waals surface area contributed by atoms with Crippen LogP contribution in [0.2, 0.25) is 0 Å². The van der Waals surface area contributed by atoms with Gasteiger partial charge in [0.2, 0.25) is 0 Å². The first-order chi connectivity index (χ1) is 6.43. The Morgan fingerprint density at radius 2 is 1.69 bits per heavy atom. The van der Waals surface area contributed by atoms with Crippen molar-refractivity contribution in [1.82, 2.24) is 5.16 Å². The third-order valence-electron chi connectivity index (χ3n) is 0.615. The van der Waals surface area contributed by atoms with Crippen molar-refractivity contribution in [2.45, 2.75) is 27.7 Å². The van der Waals surface area contributed by atoms with E-state index in [0.29, 0.717) is 5.95 Å². The van der Waals surface area contributed by atoms with Gasteiger partial charge in [0.15, 0.2) is 0 Å². The summed E-state index contributed by atoms with van der Waals surface area (Å²) in [7, 11) is 1.53. The Bertz CT molecular complexity index is 139. The summed E-state index contributed by atoms with van der Waals surface area (Å²) in [5.41, 5.74) is 0. The van der Waals surface area contributed by atoms with Gasteiger partial charge in [0, 0.05) is 6.07 Å². The molecular weight excluding hydrogens is 166 g/mol. The summed E-state index contributed by atoms with van der Waals surface area (Å²) in [6, 6.07) is 1.64. The molecular formula is C10H21NO2. The fraction of sp³-hybridized carbons (Fsp3) is 0.500. The summed E-state index contributed by atoms with van der Waals surface area (Å²) in [4.78, 5) is 0. The lowest BCUT2D eigenvalue weighted by molar-refractivity contribution is 0.261. The van der Waals surface area contributed by atoms with Gasteiger partial charge in [-0.15, -0.1) is 13.2 Å². The van der Waals surface area contributed by atoms with Crippen molar-refractivity contribution in [2.24, 2.45) is 0 Å². The fourth-order valence-corrected chi connectivity index (χ4v) is 0.309. The Balaban J connectivity index is -0.000000144. The highest BCUT2D eigenvalue weighted by molar-refractivity contribution is 4.97. The quantitative estimate of drug-likeness (QED) is 0.631. The molecule has 0 aliphatic carbocycles. The molecule has 1 aromatic heterocycles. The molecule has 1 aromatic rings. The van der Waals surface area contributed by atoms with Crippen LogP contribution in [0.1, 0.15) is 27.7 Å². The zero-order valence-corrected chi connectivity index (χ0v) is 9.33. The highest BCUT2D eigenvalue weighted by Crippen LogP contribution is 2.03. The van der Waals surface area contributed by atoms with Crippen LogP contribution in [0.5, 0.6) is 5.95 Å². The van der Waals surface area contributed by atoms with Crippen molar-refractivity contribution in [3.63, 3.8) is 0 Å². The van der Waals surface area contributed by atoms with Gasteiger partial charge in [0.1, 0.15) is 0 Å². The van der Waals surface area contributed by atoms with E-state index >= 15 is 0 Å². The first-order valence-electron chi connectivity index (χ1n) is 4.38. The Hall–Kier alpha value is -1.25. The van der Waals surface area contributed by atoms with Crippen LogP contribution >= 0.6 is 0 Å². The largest absolute Gasteiger partial charge is 0.467 e. The van der Waals surface area contributed by atoms with Crippen LogP contribution in [0.15, 0.2) is 29.9 Å². The molecule has 0 saturated heterocycles. The SMILES string of the molecule is C=C.CC.CC.COc1ccno1. The number of ether oxygens (including phenoxy) is 1. The van der Waals surface area contributed by atoms with Gasteiger partial charge in [-0.1, -0.05) is 32.9 Å². The lowest BCUT2D eigenvalue weighted by atomic mass is 10.7. The first kappa shape index (κ1) is 17.7. The lowest BCUT2D eigenvalue weighted by Gasteiger charge is -1.83. The van der Waals surface area contributed by atoms with Crippen LogP contribution in [0, 0.1) is 0 Å². The third-order valence-corrected chi connectivity index (χ3v) is 0.615. The number of nitrogens with zero attached hydrogens (tertiary/aromatic N) is 1. The summed E-state index contributed by atoms with van der Waals surface area (Å²) >= 11 is 0.